The molecule has 114 valence electrons. The fourth-order valence-corrected chi connectivity index (χ4v) is 3.15. The number of carbonyl (C=O) groups excluding carboxylic acids is 1. The van der Waals surface area contributed by atoms with Crippen molar-refractivity contribution < 1.29 is 4.79 Å². The lowest BCUT2D eigenvalue weighted by atomic mass is 10.0. The Morgan fingerprint density at radius 3 is 2.82 bits per heavy atom. The molecule has 2 aromatic rings. The Bertz CT molecular complexity index is 660. The lowest BCUT2D eigenvalue weighted by molar-refractivity contribution is -0.124. The van der Waals surface area contributed by atoms with E-state index in [-0.39, 0.29) is 11.8 Å². The number of nitrogens with zero attached hydrogens (tertiary/aromatic N) is 1. The number of hydrogen-bond acceptors (Lipinski definition) is 2. The third-order valence-electron chi connectivity index (χ3n) is 4.36. The van der Waals surface area contributed by atoms with Crippen LogP contribution in [0.15, 0.2) is 42.6 Å². The molecule has 0 saturated heterocycles. The van der Waals surface area contributed by atoms with Gasteiger partial charge in [-0.15, -0.1) is 0 Å². The summed E-state index contributed by atoms with van der Waals surface area (Å²) in [6, 6.07) is 12.3. The predicted molar refractivity (Wildman–Crippen MR) is 88.2 cm³/mol. The molecule has 1 N–H and O–H groups in total. The van der Waals surface area contributed by atoms with Crippen LogP contribution in [0, 0.1) is 12.8 Å². The number of rotatable bonds is 4. The SMILES string of the molecule is Cc1cccc(-c2ncccc2CNC(=O)C2CCCC2)c1. The van der Waals surface area contributed by atoms with Gasteiger partial charge in [0.2, 0.25) is 5.91 Å². The molecule has 1 aliphatic rings. The van der Waals surface area contributed by atoms with E-state index in [1.54, 1.807) is 6.20 Å². The highest BCUT2D eigenvalue weighted by Gasteiger charge is 2.22. The summed E-state index contributed by atoms with van der Waals surface area (Å²) in [6.45, 7) is 2.63. The number of carbonyl (C=O) groups is 1. The first-order valence-electron chi connectivity index (χ1n) is 8.02. The largest absolute Gasteiger partial charge is 0.352 e. The Kier molecular flexibility index (Phi) is 4.52. The summed E-state index contributed by atoms with van der Waals surface area (Å²) in [5.41, 5.74) is 4.34. The molecule has 1 heterocycles. The summed E-state index contributed by atoms with van der Waals surface area (Å²) in [7, 11) is 0. The third kappa shape index (κ3) is 3.35. The van der Waals surface area contributed by atoms with Crippen molar-refractivity contribution in [3.63, 3.8) is 0 Å². The summed E-state index contributed by atoms with van der Waals surface area (Å²) in [4.78, 5) is 16.7. The highest BCUT2D eigenvalue weighted by atomic mass is 16.1. The Hall–Kier alpha value is -2.16. The van der Waals surface area contributed by atoms with E-state index in [1.807, 2.05) is 18.2 Å². The molecule has 0 aliphatic heterocycles. The van der Waals surface area contributed by atoms with Gasteiger partial charge in [-0.05, 0) is 37.5 Å². The Labute approximate surface area is 131 Å². The molecular weight excluding hydrogens is 272 g/mol. The van der Waals surface area contributed by atoms with Crippen LogP contribution in [0.4, 0.5) is 0 Å². The van der Waals surface area contributed by atoms with Crippen LogP contribution in [0.5, 0.6) is 0 Å². The van der Waals surface area contributed by atoms with Crippen LogP contribution < -0.4 is 5.32 Å². The standard InChI is InChI=1S/C19H22N2O/c1-14-6-4-9-16(12-14)18-17(10-5-11-20-18)13-21-19(22)15-7-2-3-8-15/h4-6,9-12,15H,2-3,7-8,13H2,1H3,(H,21,22). The zero-order valence-electron chi connectivity index (χ0n) is 13.0. The van der Waals surface area contributed by atoms with Crippen LogP contribution in [-0.4, -0.2) is 10.9 Å². The van der Waals surface area contributed by atoms with Crippen molar-refractivity contribution in [2.45, 2.75) is 39.2 Å². The van der Waals surface area contributed by atoms with E-state index in [1.165, 1.54) is 18.4 Å². The molecule has 3 heteroatoms. The van der Waals surface area contributed by atoms with Gasteiger partial charge in [-0.2, -0.15) is 0 Å². The highest BCUT2D eigenvalue weighted by molar-refractivity contribution is 5.79. The maximum absolute atomic E-state index is 12.2. The molecule has 1 aromatic carbocycles. The van der Waals surface area contributed by atoms with Crippen LogP contribution in [0.2, 0.25) is 0 Å². The van der Waals surface area contributed by atoms with E-state index in [4.69, 9.17) is 0 Å². The highest BCUT2D eigenvalue weighted by Crippen LogP contribution is 2.25. The third-order valence-corrected chi connectivity index (χ3v) is 4.36. The normalized spacial score (nSPS) is 15.0. The smallest absolute Gasteiger partial charge is 0.223 e. The number of amides is 1. The Morgan fingerprint density at radius 1 is 1.23 bits per heavy atom. The van der Waals surface area contributed by atoms with Crippen LogP contribution in [-0.2, 0) is 11.3 Å². The van der Waals surface area contributed by atoms with Crippen molar-refractivity contribution in [1.29, 1.82) is 0 Å². The van der Waals surface area contributed by atoms with Gasteiger partial charge in [-0.25, -0.2) is 0 Å². The molecule has 1 aromatic heterocycles. The monoisotopic (exact) mass is 294 g/mol. The van der Waals surface area contributed by atoms with Crippen molar-refractivity contribution in [2.75, 3.05) is 0 Å². The van der Waals surface area contributed by atoms with Crippen molar-refractivity contribution in [1.82, 2.24) is 10.3 Å². The minimum atomic E-state index is 0.191. The molecule has 3 nitrogen and oxygen atoms in total. The first-order valence-corrected chi connectivity index (χ1v) is 8.02. The Morgan fingerprint density at radius 2 is 2.05 bits per heavy atom. The average molecular weight is 294 g/mol. The summed E-state index contributed by atoms with van der Waals surface area (Å²) in [6.07, 6.45) is 6.23. The summed E-state index contributed by atoms with van der Waals surface area (Å²) >= 11 is 0. The minimum absolute atomic E-state index is 0.191. The van der Waals surface area contributed by atoms with E-state index in [9.17, 15) is 4.79 Å². The van der Waals surface area contributed by atoms with Gasteiger partial charge in [0.05, 0.1) is 5.69 Å². The molecule has 0 unspecified atom stereocenters. The Balaban J connectivity index is 1.75. The van der Waals surface area contributed by atoms with Gasteiger partial charge < -0.3 is 5.32 Å². The predicted octanol–water partition coefficient (Wildman–Crippen LogP) is 3.86. The number of benzene rings is 1. The lowest BCUT2D eigenvalue weighted by Crippen LogP contribution is -2.29. The first kappa shape index (κ1) is 14.8. The molecular formula is C19H22N2O. The molecule has 0 spiro atoms. The zero-order chi connectivity index (χ0) is 15.4. The molecule has 3 rings (SSSR count). The minimum Gasteiger partial charge on any atom is -0.352 e. The molecule has 1 saturated carbocycles. The van der Waals surface area contributed by atoms with Gasteiger partial charge in [0.15, 0.2) is 0 Å². The molecule has 0 atom stereocenters. The number of aromatic nitrogens is 1. The van der Waals surface area contributed by atoms with E-state index in [0.717, 1.165) is 29.7 Å². The zero-order valence-corrected chi connectivity index (χ0v) is 13.0. The summed E-state index contributed by atoms with van der Waals surface area (Å²) in [5.74, 6) is 0.399. The van der Waals surface area contributed by atoms with Gasteiger partial charge >= 0.3 is 0 Å². The summed E-state index contributed by atoms with van der Waals surface area (Å²) in [5, 5.41) is 3.09. The quantitative estimate of drug-likeness (QED) is 0.930. The fraction of sp³-hybridized carbons (Fsp3) is 0.368. The number of pyridine rings is 1. The average Bonchev–Trinajstić information content (AvgIpc) is 3.07. The second-order valence-electron chi connectivity index (χ2n) is 6.08. The van der Waals surface area contributed by atoms with Crippen molar-refractivity contribution in [2.24, 2.45) is 5.92 Å². The van der Waals surface area contributed by atoms with Crippen LogP contribution >= 0.6 is 0 Å². The number of nitrogens with one attached hydrogen (secondary N) is 1. The van der Waals surface area contributed by atoms with Crippen LogP contribution in [0.25, 0.3) is 11.3 Å². The summed E-state index contributed by atoms with van der Waals surface area (Å²) < 4.78 is 0. The van der Waals surface area contributed by atoms with E-state index in [2.05, 4.69) is 35.4 Å². The molecule has 1 fully saturated rings. The lowest BCUT2D eigenvalue weighted by Gasteiger charge is -2.13. The molecule has 1 aliphatic carbocycles. The van der Waals surface area contributed by atoms with E-state index < -0.39 is 0 Å². The molecule has 0 bridgehead atoms. The van der Waals surface area contributed by atoms with Crippen LogP contribution in [0.1, 0.15) is 36.8 Å². The van der Waals surface area contributed by atoms with Crippen LogP contribution in [0.3, 0.4) is 0 Å². The first-order chi connectivity index (χ1) is 10.7. The molecule has 1 amide bonds. The van der Waals surface area contributed by atoms with Crippen molar-refractivity contribution in [3.8, 4) is 11.3 Å². The van der Waals surface area contributed by atoms with Gasteiger partial charge in [0, 0.05) is 24.2 Å². The second-order valence-corrected chi connectivity index (χ2v) is 6.08. The molecule has 0 radical (unpaired) electrons. The van der Waals surface area contributed by atoms with Gasteiger partial charge in [-0.1, -0.05) is 42.7 Å². The number of aryl methyl sites for hydroxylation is 1. The molecule has 22 heavy (non-hydrogen) atoms. The topological polar surface area (TPSA) is 42.0 Å². The van der Waals surface area contributed by atoms with E-state index >= 15 is 0 Å². The fourth-order valence-electron chi connectivity index (χ4n) is 3.15. The van der Waals surface area contributed by atoms with E-state index in [0.29, 0.717) is 6.54 Å². The van der Waals surface area contributed by atoms with Gasteiger partial charge in [-0.3, -0.25) is 9.78 Å². The van der Waals surface area contributed by atoms with Crippen molar-refractivity contribution >= 4 is 5.91 Å². The van der Waals surface area contributed by atoms with Crippen molar-refractivity contribution in [3.05, 3.63) is 53.7 Å². The maximum Gasteiger partial charge on any atom is 0.223 e. The number of hydrogen-bond donors (Lipinski definition) is 1. The van der Waals surface area contributed by atoms with Gasteiger partial charge in [0.25, 0.3) is 0 Å². The van der Waals surface area contributed by atoms with Gasteiger partial charge in [0.1, 0.15) is 0 Å². The second kappa shape index (κ2) is 6.73. The maximum atomic E-state index is 12.2.